The Bertz CT molecular complexity index is 336. The Balaban J connectivity index is 2.32. The van der Waals surface area contributed by atoms with Crippen LogP contribution in [0.5, 0.6) is 0 Å². The number of benzene rings is 1. The van der Waals surface area contributed by atoms with Crippen LogP contribution in [0.3, 0.4) is 0 Å². The van der Waals surface area contributed by atoms with Crippen molar-refractivity contribution in [1.29, 1.82) is 0 Å². The summed E-state index contributed by atoms with van der Waals surface area (Å²) >= 11 is 9.66. The molecule has 0 aliphatic heterocycles. The fraction of sp³-hybridized carbons (Fsp3) is 0.455. The molecule has 0 spiro atoms. The molecule has 1 fully saturated rings. The molecule has 0 aromatic heterocycles. The van der Waals surface area contributed by atoms with Crippen LogP contribution in [-0.2, 0) is 0 Å². The Morgan fingerprint density at radius 3 is 2.79 bits per heavy atom. The highest BCUT2D eigenvalue weighted by Crippen LogP contribution is 2.43. The summed E-state index contributed by atoms with van der Waals surface area (Å²) in [5.41, 5.74) is 1.21. The van der Waals surface area contributed by atoms with Crippen molar-refractivity contribution in [2.75, 3.05) is 7.05 Å². The average Bonchev–Trinajstić information content (AvgIpc) is 2.96. The van der Waals surface area contributed by atoms with Crippen molar-refractivity contribution in [2.45, 2.75) is 18.9 Å². The van der Waals surface area contributed by atoms with Gasteiger partial charge in [-0.15, -0.1) is 0 Å². The lowest BCUT2D eigenvalue weighted by atomic mass is 10.0. The van der Waals surface area contributed by atoms with E-state index >= 15 is 0 Å². The van der Waals surface area contributed by atoms with Crippen molar-refractivity contribution >= 4 is 27.5 Å². The lowest BCUT2D eigenvalue weighted by Crippen LogP contribution is -2.18. The first-order valence-electron chi connectivity index (χ1n) is 4.84. The van der Waals surface area contributed by atoms with Gasteiger partial charge in [0.15, 0.2) is 0 Å². The predicted octanol–water partition coefficient (Wildman–Crippen LogP) is 3.77. The normalized spacial score (nSPS) is 18.2. The second-order valence-corrected chi connectivity index (χ2v) is 5.09. The number of hydrogen-bond acceptors (Lipinski definition) is 1. The quantitative estimate of drug-likeness (QED) is 0.885. The highest BCUT2D eigenvalue weighted by Gasteiger charge is 2.32. The van der Waals surface area contributed by atoms with Crippen LogP contribution >= 0.6 is 27.5 Å². The Morgan fingerprint density at radius 2 is 2.21 bits per heavy atom. The molecule has 14 heavy (non-hydrogen) atoms. The molecule has 1 aromatic carbocycles. The van der Waals surface area contributed by atoms with Gasteiger partial charge in [-0.3, -0.25) is 0 Å². The molecular formula is C11H13BrClN. The molecule has 1 unspecified atom stereocenters. The number of nitrogens with one attached hydrogen (secondary N) is 1. The summed E-state index contributed by atoms with van der Waals surface area (Å²) in [5, 5.41) is 4.20. The highest BCUT2D eigenvalue weighted by molar-refractivity contribution is 9.10. The number of rotatable bonds is 3. The molecule has 0 heterocycles. The SMILES string of the molecule is CNC(c1cc(Br)ccc1Cl)C1CC1. The Hall–Kier alpha value is -0.0500. The van der Waals surface area contributed by atoms with Gasteiger partial charge >= 0.3 is 0 Å². The third-order valence-electron chi connectivity index (χ3n) is 2.70. The van der Waals surface area contributed by atoms with Crippen molar-refractivity contribution in [3.63, 3.8) is 0 Å². The van der Waals surface area contributed by atoms with Gasteiger partial charge in [-0.1, -0.05) is 27.5 Å². The first kappa shape index (κ1) is 10.5. The third kappa shape index (κ3) is 2.13. The van der Waals surface area contributed by atoms with Gasteiger partial charge in [0.25, 0.3) is 0 Å². The number of halogens is 2. The summed E-state index contributed by atoms with van der Waals surface area (Å²) in [6.07, 6.45) is 2.63. The Morgan fingerprint density at radius 1 is 1.50 bits per heavy atom. The maximum absolute atomic E-state index is 6.18. The van der Waals surface area contributed by atoms with Crippen LogP contribution in [0.4, 0.5) is 0 Å². The van der Waals surface area contributed by atoms with E-state index < -0.39 is 0 Å². The summed E-state index contributed by atoms with van der Waals surface area (Å²) in [5.74, 6) is 0.770. The van der Waals surface area contributed by atoms with Crippen LogP contribution in [0.25, 0.3) is 0 Å². The Kier molecular flexibility index (Phi) is 3.15. The fourth-order valence-electron chi connectivity index (χ4n) is 1.83. The summed E-state index contributed by atoms with van der Waals surface area (Å²) in [7, 11) is 2.00. The van der Waals surface area contributed by atoms with Gasteiger partial charge in [-0.25, -0.2) is 0 Å². The molecule has 1 aliphatic carbocycles. The summed E-state index contributed by atoms with van der Waals surface area (Å²) in [6, 6.07) is 6.46. The van der Waals surface area contributed by atoms with Gasteiger partial charge in [0.2, 0.25) is 0 Å². The molecule has 1 nitrogen and oxygen atoms in total. The van der Waals surface area contributed by atoms with Crippen molar-refractivity contribution in [3.05, 3.63) is 33.3 Å². The molecule has 3 heteroatoms. The van der Waals surface area contributed by atoms with Gasteiger partial charge in [-0.2, -0.15) is 0 Å². The zero-order chi connectivity index (χ0) is 10.1. The van der Waals surface area contributed by atoms with Gasteiger partial charge in [0.1, 0.15) is 0 Å². The number of hydrogen-bond donors (Lipinski definition) is 1. The molecule has 0 bridgehead atoms. The molecule has 1 aromatic rings. The zero-order valence-corrected chi connectivity index (χ0v) is 10.4. The molecule has 1 atom stereocenters. The van der Waals surface area contributed by atoms with E-state index in [1.54, 1.807) is 0 Å². The molecule has 1 saturated carbocycles. The minimum Gasteiger partial charge on any atom is -0.313 e. The molecular weight excluding hydrogens is 261 g/mol. The molecule has 1 N–H and O–H groups in total. The van der Waals surface area contributed by atoms with Crippen molar-refractivity contribution in [1.82, 2.24) is 5.32 Å². The summed E-state index contributed by atoms with van der Waals surface area (Å²) < 4.78 is 1.10. The van der Waals surface area contributed by atoms with E-state index in [0.717, 1.165) is 15.4 Å². The smallest absolute Gasteiger partial charge is 0.0454 e. The van der Waals surface area contributed by atoms with Crippen molar-refractivity contribution in [3.8, 4) is 0 Å². The second-order valence-electron chi connectivity index (χ2n) is 3.77. The topological polar surface area (TPSA) is 12.0 Å². The molecule has 1 aliphatic rings. The minimum absolute atomic E-state index is 0.417. The van der Waals surface area contributed by atoms with Crippen LogP contribution in [-0.4, -0.2) is 7.05 Å². The first-order valence-corrected chi connectivity index (χ1v) is 6.01. The highest BCUT2D eigenvalue weighted by atomic mass is 79.9. The monoisotopic (exact) mass is 273 g/mol. The van der Waals surface area contributed by atoms with Crippen LogP contribution in [0, 0.1) is 5.92 Å². The van der Waals surface area contributed by atoms with E-state index in [-0.39, 0.29) is 0 Å². The van der Waals surface area contributed by atoms with Crippen molar-refractivity contribution < 1.29 is 0 Å². The minimum atomic E-state index is 0.417. The largest absolute Gasteiger partial charge is 0.313 e. The molecule has 76 valence electrons. The van der Waals surface area contributed by atoms with Crippen LogP contribution in [0.15, 0.2) is 22.7 Å². The zero-order valence-electron chi connectivity index (χ0n) is 8.06. The summed E-state index contributed by atoms with van der Waals surface area (Å²) in [6.45, 7) is 0. The fourth-order valence-corrected chi connectivity index (χ4v) is 2.44. The van der Waals surface area contributed by atoms with E-state index in [2.05, 4.69) is 27.3 Å². The average molecular weight is 275 g/mol. The van der Waals surface area contributed by atoms with E-state index in [0.29, 0.717) is 6.04 Å². The Labute approximate surface area is 98.0 Å². The summed E-state index contributed by atoms with van der Waals surface area (Å²) in [4.78, 5) is 0. The van der Waals surface area contributed by atoms with Crippen LogP contribution < -0.4 is 5.32 Å². The van der Waals surface area contributed by atoms with E-state index in [9.17, 15) is 0 Å². The van der Waals surface area contributed by atoms with Crippen LogP contribution in [0.2, 0.25) is 5.02 Å². The molecule has 0 saturated heterocycles. The first-order chi connectivity index (χ1) is 6.72. The van der Waals surface area contributed by atoms with Crippen molar-refractivity contribution in [2.24, 2.45) is 5.92 Å². The maximum Gasteiger partial charge on any atom is 0.0454 e. The maximum atomic E-state index is 6.18. The van der Waals surface area contributed by atoms with E-state index in [1.165, 1.54) is 18.4 Å². The van der Waals surface area contributed by atoms with E-state index in [4.69, 9.17) is 11.6 Å². The van der Waals surface area contributed by atoms with Gasteiger partial charge < -0.3 is 5.32 Å². The standard InChI is InChI=1S/C11H13BrClN/c1-14-11(7-2-3-7)9-6-8(12)4-5-10(9)13/h4-7,11,14H,2-3H2,1H3. The molecule has 0 radical (unpaired) electrons. The molecule has 0 amide bonds. The molecule has 2 rings (SSSR count). The lowest BCUT2D eigenvalue weighted by molar-refractivity contribution is 0.529. The lowest BCUT2D eigenvalue weighted by Gasteiger charge is -2.17. The van der Waals surface area contributed by atoms with Gasteiger partial charge in [0.05, 0.1) is 0 Å². The van der Waals surface area contributed by atoms with Gasteiger partial charge in [0, 0.05) is 15.5 Å². The predicted molar refractivity (Wildman–Crippen MR) is 63.7 cm³/mol. The van der Waals surface area contributed by atoms with E-state index in [1.807, 2.05) is 19.2 Å². The second kappa shape index (κ2) is 4.21. The van der Waals surface area contributed by atoms with Crippen LogP contribution in [0.1, 0.15) is 24.4 Å². The third-order valence-corrected chi connectivity index (χ3v) is 3.53. The van der Waals surface area contributed by atoms with Gasteiger partial charge in [-0.05, 0) is 49.6 Å².